The summed E-state index contributed by atoms with van der Waals surface area (Å²) in [6.07, 6.45) is 4.88. The average molecular weight is 267 g/mol. The molecule has 18 heavy (non-hydrogen) atoms. The van der Waals surface area contributed by atoms with Crippen LogP contribution in [0.25, 0.3) is 0 Å². The largest absolute Gasteiger partial charge is 0.491 e. The monoisotopic (exact) mass is 267 g/mol. The van der Waals surface area contributed by atoms with Gasteiger partial charge in [-0.05, 0) is 50.4 Å². The zero-order chi connectivity index (χ0) is 12.8. The van der Waals surface area contributed by atoms with Crippen molar-refractivity contribution in [3.63, 3.8) is 0 Å². The van der Waals surface area contributed by atoms with Crippen molar-refractivity contribution in [3.8, 4) is 5.75 Å². The van der Waals surface area contributed by atoms with Gasteiger partial charge in [0.1, 0.15) is 12.4 Å². The van der Waals surface area contributed by atoms with Crippen molar-refractivity contribution in [2.75, 3.05) is 26.5 Å². The molecule has 1 aromatic rings. The zero-order valence-corrected chi connectivity index (χ0v) is 11.8. The van der Waals surface area contributed by atoms with Crippen LogP contribution in [0.3, 0.4) is 0 Å². The predicted molar refractivity (Wildman–Crippen MR) is 75.5 cm³/mol. The van der Waals surface area contributed by atoms with E-state index in [-0.39, 0.29) is 6.10 Å². The molecule has 0 aromatic heterocycles. The third-order valence-corrected chi connectivity index (χ3v) is 3.87. The van der Waals surface area contributed by atoms with Gasteiger partial charge in [-0.1, -0.05) is 0 Å². The maximum atomic E-state index is 5.88. The van der Waals surface area contributed by atoms with Crippen LogP contribution in [0.15, 0.2) is 29.2 Å². The minimum atomic E-state index is 0.239. The van der Waals surface area contributed by atoms with Crippen molar-refractivity contribution < 1.29 is 9.47 Å². The normalized spacial score (nSPS) is 23.2. The van der Waals surface area contributed by atoms with E-state index in [1.807, 2.05) is 19.2 Å². The van der Waals surface area contributed by atoms with Crippen LogP contribution in [0.5, 0.6) is 5.75 Å². The predicted octanol–water partition coefficient (Wildman–Crippen LogP) is 2.55. The summed E-state index contributed by atoms with van der Waals surface area (Å²) in [7, 11) is 1.96. The number of nitrogens with one attached hydrogen (secondary N) is 1. The van der Waals surface area contributed by atoms with Crippen LogP contribution in [0.1, 0.15) is 12.8 Å². The SMILES string of the molecule is CNCC1CCC(COc2ccc(SC)cc2)O1. The van der Waals surface area contributed by atoms with Crippen molar-refractivity contribution >= 4 is 11.8 Å². The molecule has 1 aliphatic rings. The first kappa shape index (κ1) is 13.7. The fourth-order valence-corrected chi connectivity index (χ4v) is 2.55. The number of benzene rings is 1. The van der Waals surface area contributed by atoms with Crippen LogP contribution in [0, 0.1) is 0 Å². The van der Waals surface area contributed by atoms with Crippen LogP contribution >= 0.6 is 11.8 Å². The minimum Gasteiger partial charge on any atom is -0.491 e. The van der Waals surface area contributed by atoms with E-state index in [1.54, 1.807) is 11.8 Å². The van der Waals surface area contributed by atoms with Crippen molar-refractivity contribution in [2.24, 2.45) is 0 Å². The molecule has 4 heteroatoms. The molecule has 0 saturated carbocycles. The van der Waals surface area contributed by atoms with E-state index in [1.165, 1.54) is 4.90 Å². The van der Waals surface area contributed by atoms with Gasteiger partial charge in [-0.25, -0.2) is 0 Å². The highest BCUT2D eigenvalue weighted by molar-refractivity contribution is 7.98. The third kappa shape index (κ3) is 3.90. The summed E-state index contributed by atoms with van der Waals surface area (Å²) in [6, 6.07) is 8.20. The fraction of sp³-hybridized carbons (Fsp3) is 0.571. The first-order chi connectivity index (χ1) is 8.81. The molecule has 3 nitrogen and oxygen atoms in total. The first-order valence-corrected chi connectivity index (χ1v) is 7.61. The highest BCUT2D eigenvalue weighted by atomic mass is 32.2. The maximum absolute atomic E-state index is 5.88. The van der Waals surface area contributed by atoms with Crippen molar-refractivity contribution in [1.82, 2.24) is 5.32 Å². The lowest BCUT2D eigenvalue weighted by molar-refractivity contribution is 0.0193. The van der Waals surface area contributed by atoms with Crippen LogP contribution in [0.2, 0.25) is 0 Å². The molecule has 1 aliphatic heterocycles. The Morgan fingerprint density at radius 2 is 2.00 bits per heavy atom. The Balaban J connectivity index is 1.74. The van der Waals surface area contributed by atoms with E-state index >= 15 is 0 Å². The van der Waals surface area contributed by atoms with Gasteiger partial charge in [0.25, 0.3) is 0 Å². The molecule has 2 unspecified atom stereocenters. The smallest absolute Gasteiger partial charge is 0.119 e. The van der Waals surface area contributed by atoms with Gasteiger partial charge in [0.2, 0.25) is 0 Å². The lowest BCUT2D eigenvalue weighted by Crippen LogP contribution is -2.25. The van der Waals surface area contributed by atoms with E-state index in [4.69, 9.17) is 9.47 Å². The lowest BCUT2D eigenvalue weighted by Gasteiger charge is -2.14. The van der Waals surface area contributed by atoms with E-state index in [9.17, 15) is 0 Å². The van der Waals surface area contributed by atoms with Crippen molar-refractivity contribution in [3.05, 3.63) is 24.3 Å². The molecule has 0 radical (unpaired) electrons. The molecule has 2 rings (SSSR count). The van der Waals surface area contributed by atoms with Gasteiger partial charge >= 0.3 is 0 Å². The molecular weight excluding hydrogens is 246 g/mol. The van der Waals surface area contributed by atoms with Crippen LogP contribution in [-0.2, 0) is 4.74 Å². The number of ether oxygens (including phenoxy) is 2. The Kier molecular flexibility index (Phi) is 5.35. The molecule has 2 atom stereocenters. The van der Waals surface area contributed by atoms with E-state index in [0.717, 1.165) is 25.1 Å². The van der Waals surface area contributed by atoms with Crippen LogP contribution in [0.4, 0.5) is 0 Å². The molecule has 0 aliphatic carbocycles. The molecular formula is C14H21NO2S. The third-order valence-electron chi connectivity index (χ3n) is 3.12. The number of likely N-dealkylation sites (N-methyl/N-ethyl adjacent to an activating group) is 1. The van der Waals surface area contributed by atoms with Gasteiger partial charge in [-0.2, -0.15) is 0 Å². The Morgan fingerprint density at radius 3 is 2.67 bits per heavy atom. The van der Waals surface area contributed by atoms with Crippen LogP contribution in [-0.4, -0.2) is 38.7 Å². The number of hydrogen-bond acceptors (Lipinski definition) is 4. The number of rotatable bonds is 6. The Labute approximate surface area is 113 Å². The summed E-state index contributed by atoms with van der Waals surface area (Å²) in [5, 5.41) is 3.15. The molecule has 0 bridgehead atoms. The molecule has 0 amide bonds. The molecule has 1 aromatic carbocycles. The molecule has 1 N–H and O–H groups in total. The number of thioether (sulfide) groups is 1. The van der Waals surface area contributed by atoms with E-state index in [0.29, 0.717) is 12.7 Å². The van der Waals surface area contributed by atoms with Crippen molar-refractivity contribution in [1.29, 1.82) is 0 Å². The lowest BCUT2D eigenvalue weighted by atomic mass is 10.2. The second-order valence-corrected chi connectivity index (χ2v) is 5.38. The van der Waals surface area contributed by atoms with Crippen LogP contribution < -0.4 is 10.1 Å². The molecule has 1 heterocycles. The summed E-state index contributed by atoms with van der Waals surface area (Å²) >= 11 is 1.74. The van der Waals surface area contributed by atoms with Gasteiger partial charge in [-0.3, -0.25) is 0 Å². The standard InChI is InChI=1S/C14H21NO2S/c1-15-9-12-3-4-13(17-12)10-16-11-5-7-14(18-2)8-6-11/h5-8,12-13,15H,3-4,9-10H2,1-2H3. The number of hydrogen-bond donors (Lipinski definition) is 1. The molecule has 100 valence electrons. The average Bonchev–Trinajstić information content (AvgIpc) is 2.85. The summed E-state index contributed by atoms with van der Waals surface area (Å²) in [6.45, 7) is 1.58. The van der Waals surface area contributed by atoms with E-state index < -0.39 is 0 Å². The first-order valence-electron chi connectivity index (χ1n) is 6.38. The Morgan fingerprint density at radius 1 is 1.28 bits per heavy atom. The van der Waals surface area contributed by atoms with Gasteiger partial charge in [0, 0.05) is 11.4 Å². The minimum absolute atomic E-state index is 0.239. The molecule has 1 saturated heterocycles. The summed E-state index contributed by atoms with van der Waals surface area (Å²) < 4.78 is 11.6. The Bertz CT molecular complexity index is 355. The van der Waals surface area contributed by atoms with Gasteiger partial charge < -0.3 is 14.8 Å². The van der Waals surface area contributed by atoms with E-state index in [2.05, 4.69) is 23.7 Å². The quantitative estimate of drug-likeness (QED) is 0.802. The highest BCUT2D eigenvalue weighted by Crippen LogP contribution is 2.22. The molecule has 1 fully saturated rings. The molecule has 0 spiro atoms. The van der Waals surface area contributed by atoms with Gasteiger partial charge in [-0.15, -0.1) is 11.8 Å². The fourth-order valence-electron chi connectivity index (χ4n) is 2.14. The maximum Gasteiger partial charge on any atom is 0.119 e. The summed E-state index contributed by atoms with van der Waals surface area (Å²) in [5.41, 5.74) is 0. The summed E-state index contributed by atoms with van der Waals surface area (Å²) in [4.78, 5) is 1.26. The van der Waals surface area contributed by atoms with Crippen molar-refractivity contribution in [2.45, 2.75) is 29.9 Å². The highest BCUT2D eigenvalue weighted by Gasteiger charge is 2.24. The zero-order valence-electron chi connectivity index (χ0n) is 11.0. The second-order valence-electron chi connectivity index (χ2n) is 4.50. The van der Waals surface area contributed by atoms with Gasteiger partial charge in [0.05, 0.1) is 12.2 Å². The van der Waals surface area contributed by atoms with Gasteiger partial charge in [0.15, 0.2) is 0 Å². The topological polar surface area (TPSA) is 30.5 Å². The summed E-state index contributed by atoms with van der Waals surface area (Å²) in [5.74, 6) is 0.925. The Hall–Kier alpha value is -0.710. The second kappa shape index (κ2) is 7.02.